The van der Waals surface area contributed by atoms with E-state index in [9.17, 15) is 14.7 Å². The van der Waals surface area contributed by atoms with Crippen LogP contribution in [0.1, 0.15) is 27.2 Å². The van der Waals surface area contributed by atoms with Crippen LogP contribution in [-0.2, 0) is 9.53 Å². The summed E-state index contributed by atoms with van der Waals surface area (Å²) < 4.78 is 5.58. The molecule has 0 radical (unpaired) electrons. The van der Waals surface area contributed by atoms with Gasteiger partial charge in [0.15, 0.2) is 0 Å². The van der Waals surface area contributed by atoms with Gasteiger partial charge in [0.1, 0.15) is 0 Å². The molecule has 0 aliphatic carbocycles. The van der Waals surface area contributed by atoms with Crippen molar-refractivity contribution in [1.82, 2.24) is 9.80 Å². The molecule has 2 aliphatic heterocycles. The first-order chi connectivity index (χ1) is 8.73. The fraction of sp³-hybridized carbons (Fsp3) is 0.846. The molecule has 6 nitrogen and oxygen atoms in total. The number of morpholine rings is 1. The summed E-state index contributed by atoms with van der Waals surface area (Å²) in [6.45, 7) is 8.07. The van der Waals surface area contributed by atoms with Gasteiger partial charge in [-0.1, -0.05) is 0 Å². The molecule has 108 valence electrons. The van der Waals surface area contributed by atoms with Crippen molar-refractivity contribution in [2.75, 3.05) is 32.8 Å². The standard InChI is InChI=1S/C13H22N2O4/c1-12(2)8-15(6-7-19-12)11(18)14-5-4-13(3,9-14)10(16)17/h4-9H2,1-3H3,(H,16,17). The Morgan fingerprint density at radius 2 is 1.74 bits per heavy atom. The molecule has 1 atom stereocenters. The molecule has 2 fully saturated rings. The maximum absolute atomic E-state index is 12.4. The zero-order chi connectivity index (χ0) is 14.3. The maximum atomic E-state index is 12.4. The summed E-state index contributed by atoms with van der Waals surface area (Å²) in [5.74, 6) is -0.829. The molecule has 0 aromatic carbocycles. The first kappa shape index (κ1) is 14.1. The first-order valence-corrected chi connectivity index (χ1v) is 6.65. The molecule has 0 aromatic heterocycles. The van der Waals surface area contributed by atoms with Gasteiger partial charge in [0, 0.05) is 19.6 Å². The number of carbonyl (C=O) groups is 2. The highest BCUT2D eigenvalue weighted by Gasteiger charge is 2.44. The SMILES string of the molecule is CC1(C)CN(C(=O)N2CCC(C)(C(=O)O)C2)CCO1. The van der Waals surface area contributed by atoms with E-state index in [4.69, 9.17) is 4.74 Å². The fourth-order valence-corrected chi connectivity index (χ4v) is 2.68. The molecule has 2 amide bonds. The van der Waals surface area contributed by atoms with Crippen LogP contribution < -0.4 is 0 Å². The van der Waals surface area contributed by atoms with Crippen LogP contribution in [-0.4, -0.2) is 65.3 Å². The van der Waals surface area contributed by atoms with Crippen molar-refractivity contribution in [2.24, 2.45) is 5.41 Å². The predicted molar refractivity (Wildman–Crippen MR) is 68.9 cm³/mol. The summed E-state index contributed by atoms with van der Waals surface area (Å²) in [5, 5.41) is 9.19. The maximum Gasteiger partial charge on any atom is 0.320 e. The van der Waals surface area contributed by atoms with Gasteiger partial charge in [-0.05, 0) is 27.2 Å². The van der Waals surface area contributed by atoms with Gasteiger partial charge in [0.05, 0.1) is 24.2 Å². The summed E-state index contributed by atoms with van der Waals surface area (Å²) in [4.78, 5) is 27.0. The predicted octanol–water partition coefficient (Wildman–Crippen LogP) is 1.01. The normalized spacial score (nSPS) is 30.5. The van der Waals surface area contributed by atoms with E-state index in [2.05, 4.69) is 0 Å². The lowest BCUT2D eigenvalue weighted by Gasteiger charge is -2.39. The number of aliphatic carboxylic acids is 1. The average Bonchev–Trinajstić information content (AvgIpc) is 2.71. The van der Waals surface area contributed by atoms with Crippen molar-refractivity contribution in [3.8, 4) is 0 Å². The van der Waals surface area contributed by atoms with E-state index in [1.165, 1.54) is 0 Å². The first-order valence-electron chi connectivity index (χ1n) is 6.65. The lowest BCUT2D eigenvalue weighted by Crippen LogP contribution is -2.54. The Kier molecular flexibility index (Phi) is 3.47. The summed E-state index contributed by atoms with van der Waals surface area (Å²) in [7, 11) is 0. The van der Waals surface area contributed by atoms with Gasteiger partial charge in [-0.3, -0.25) is 4.79 Å². The summed E-state index contributed by atoms with van der Waals surface area (Å²) >= 11 is 0. The molecule has 6 heteroatoms. The van der Waals surface area contributed by atoms with E-state index in [1.807, 2.05) is 13.8 Å². The lowest BCUT2D eigenvalue weighted by molar-refractivity contribution is -0.147. The molecule has 1 N–H and O–H groups in total. The second-order valence-electron chi connectivity index (χ2n) is 6.35. The van der Waals surface area contributed by atoms with Crippen LogP contribution in [0.25, 0.3) is 0 Å². The van der Waals surface area contributed by atoms with Crippen molar-refractivity contribution >= 4 is 12.0 Å². The highest BCUT2D eigenvalue weighted by molar-refractivity contribution is 5.79. The Balaban J connectivity index is 2.00. The minimum absolute atomic E-state index is 0.0682. The number of nitrogens with zero attached hydrogens (tertiary/aromatic N) is 2. The van der Waals surface area contributed by atoms with Gasteiger partial charge in [0.2, 0.25) is 0 Å². The van der Waals surface area contributed by atoms with E-state index in [0.29, 0.717) is 39.2 Å². The van der Waals surface area contributed by atoms with Crippen LogP contribution in [0.3, 0.4) is 0 Å². The minimum Gasteiger partial charge on any atom is -0.481 e. The third-order valence-corrected chi connectivity index (χ3v) is 3.96. The number of ether oxygens (including phenoxy) is 1. The molecule has 0 aromatic rings. The number of hydrogen-bond donors (Lipinski definition) is 1. The third kappa shape index (κ3) is 2.83. The van der Waals surface area contributed by atoms with Crippen molar-refractivity contribution < 1.29 is 19.4 Å². The van der Waals surface area contributed by atoms with Crippen LogP contribution >= 0.6 is 0 Å². The molecule has 2 rings (SSSR count). The lowest BCUT2D eigenvalue weighted by atomic mass is 9.90. The van der Waals surface area contributed by atoms with Crippen molar-refractivity contribution in [3.63, 3.8) is 0 Å². The topological polar surface area (TPSA) is 70.1 Å². The van der Waals surface area contributed by atoms with Gasteiger partial charge in [-0.2, -0.15) is 0 Å². The Bertz CT molecular complexity index is 396. The molecule has 2 aliphatic rings. The number of carboxylic acids is 1. The van der Waals surface area contributed by atoms with Gasteiger partial charge < -0.3 is 19.6 Å². The molecule has 19 heavy (non-hydrogen) atoms. The number of likely N-dealkylation sites (tertiary alicyclic amines) is 1. The quantitative estimate of drug-likeness (QED) is 0.772. The van der Waals surface area contributed by atoms with Gasteiger partial charge in [-0.15, -0.1) is 0 Å². The van der Waals surface area contributed by atoms with Crippen molar-refractivity contribution in [3.05, 3.63) is 0 Å². The van der Waals surface area contributed by atoms with Gasteiger partial charge in [0.25, 0.3) is 0 Å². The van der Waals surface area contributed by atoms with E-state index < -0.39 is 11.4 Å². The van der Waals surface area contributed by atoms with Crippen molar-refractivity contribution in [1.29, 1.82) is 0 Å². The number of hydrogen-bond acceptors (Lipinski definition) is 3. The Hall–Kier alpha value is -1.30. The zero-order valence-corrected chi connectivity index (χ0v) is 11.8. The van der Waals surface area contributed by atoms with Crippen LogP contribution in [0.15, 0.2) is 0 Å². The Morgan fingerprint density at radius 1 is 1.11 bits per heavy atom. The minimum atomic E-state index is -0.829. The molecular formula is C13H22N2O4. The monoisotopic (exact) mass is 270 g/mol. The highest BCUT2D eigenvalue weighted by atomic mass is 16.5. The number of carbonyl (C=O) groups excluding carboxylic acids is 1. The molecule has 2 heterocycles. The van der Waals surface area contributed by atoms with Crippen LogP contribution in [0.5, 0.6) is 0 Å². The third-order valence-electron chi connectivity index (χ3n) is 3.96. The second kappa shape index (κ2) is 4.67. The van der Waals surface area contributed by atoms with Crippen LogP contribution in [0.4, 0.5) is 4.79 Å². The van der Waals surface area contributed by atoms with E-state index in [-0.39, 0.29) is 11.6 Å². The summed E-state index contributed by atoms with van der Waals surface area (Å²) in [6, 6.07) is -0.0682. The van der Waals surface area contributed by atoms with E-state index in [1.54, 1.807) is 16.7 Å². The second-order valence-corrected chi connectivity index (χ2v) is 6.35. The van der Waals surface area contributed by atoms with Crippen molar-refractivity contribution in [2.45, 2.75) is 32.8 Å². The number of carboxylic acid groups (broad SMARTS) is 1. The highest BCUT2D eigenvalue weighted by Crippen LogP contribution is 2.31. The number of rotatable bonds is 1. The smallest absolute Gasteiger partial charge is 0.320 e. The summed E-state index contributed by atoms with van der Waals surface area (Å²) in [6.07, 6.45) is 0.516. The molecule has 0 bridgehead atoms. The molecular weight excluding hydrogens is 248 g/mol. The number of amides is 2. The van der Waals surface area contributed by atoms with E-state index >= 15 is 0 Å². The summed E-state index contributed by atoms with van der Waals surface area (Å²) in [5.41, 5.74) is -1.14. The van der Waals surface area contributed by atoms with Gasteiger partial charge >= 0.3 is 12.0 Å². The molecule has 1 unspecified atom stereocenters. The molecule has 0 saturated carbocycles. The van der Waals surface area contributed by atoms with Gasteiger partial charge in [-0.25, -0.2) is 4.79 Å². The van der Waals surface area contributed by atoms with Crippen LogP contribution in [0.2, 0.25) is 0 Å². The van der Waals surface area contributed by atoms with E-state index in [0.717, 1.165) is 0 Å². The fourth-order valence-electron chi connectivity index (χ4n) is 2.68. The average molecular weight is 270 g/mol. The molecule has 2 saturated heterocycles. The van der Waals surface area contributed by atoms with Crippen LogP contribution in [0, 0.1) is 5.41 Å². The molecule has 0 spiro atoms. The largest absolute Gasteiger partial charge is 0.481 e. The number of urea groups is 1. The Morgan fingerprint density at radius 3 is 2.26 bits per heavy atom. The Labute approximate surface area is 113 Å². The zero-order valence-electron chi connectivity index (χ0n) is 11.8.